The molecule has 0 bridgehead atoms. The molecule has 0 atom stereocenters. The van der Waals surface area contributed by atoms with Gasteiger partial charge in [-0.15, -0.1) is 0 Å². The molecule has 0 aliphatic heterocycles. The zero-order chi connectivity index (χ0) is 72.7. The SMILES string of the molecule is [2H]c1c([2H])c([2H])c(-c2nc(-c3ccc(-n4c5cc6ccccc6cc5c5c6ccccc6ccc54)cc3)nc3cc(-c4ccccc4)ccc23)c([2H])c1[2H].c1ccc2cc3c(cc2c1)c1cc2ccccc2cc1n3-c1ccc(-c2ccc(-c3ccc4c5ccccc5c5ccccc5c4c3)c3cnncc23)cc1. The molecule has 0 amide bonds. The molecule has 104 heavy (non-hydrogen) atoms. The number of hydrogen-bond donors (Lipinski definition) is 0. The fraction of sp³-hybridized carbons (Fsp3) is 0. The molecule has 0 N–H and O–H groups in total. The highest BCUT2D eigenvalue weighted by Crippen LogP contribution is 2.44. The Morgan fingerprint density at radius 1 is 0.240 bits per heavy atom. The van der Waals surface area contributed by atoms with Crippen LogP contribution in [0.25, 0.3) is 208 Å². The minimum atomic E-state index is -0.444. The summed E-state index contributed by atoms with van der Waals surface area (Å²) in [5, 5.41) is 33.8. The second kappa shape index (κ2) is 23.9. The van der Waals surface area contributed by atoms with Crippen molar-refractivity contribution in [1.82, 2.24) is 29.3 Å². The summed E-state index contributed by atoms with van der Waals surface area (Å²) in [6.45, 7) is 0. The average molecular weight is 1330 g/mol. The Morgan fingerprint density at radius 2 is 0.683 bits per heavy atom. The summed E-state index contributed by atoms with van der Waals surface area (Å²) in [5.74, 6) is 0.389. The smallest absolute Gasteiger partial charge is 0.160 e. The minimum Gasteiger partial charge on any atom is -0.309 e. The van der Waals surface area contributed by atoms with Crippen molar-refractivity contribution in [2.24, 2.45) is 0 Å². The molecule has 22 rings (SSSR count). The second-order valence-corrected chi connectivity index (χ2v) is 26.9. The van der Waals surface area contributed by atoms with Crippen LogP contribution in [0.3, 0.4) is 0 Å². The van der Waals surface area contributed by atoms with E-state index in [1.54, 1.807) is 0 Å². The monoisotopic (exact) mass is 1330 g/mol. The molecule has 6 nitrogen and oxygen atoms in total. The van der Waals surface area contributed by atoms with E-state index in [0.717, 1.165) is 71.9 Å². The molecule has 6 heteroatoms. The molecule has 18 aromatic carbocycles. The second-order valence-electron chi connectivity index (χ2n) is 26.9. The Bertz CT molecular complexity index is 7450. The summed E-state index contributed by atoms with van der Waals surface area (Å²) >= 11 is 0. The van der Waals surface area contributed by atoms with Crippen molar-refractivity contribution in [3.8, 4) is 67.4 Å². The van der Waals surface area contributed by atoms with Crippen molar-refractivity contribution in [3.63, 3.8) is 0 Å². The fourth-order valence-electron chi connectivity index (χ4n) is 16.3. The third-order valence-corrected chi connectivity index (χ3v) is 21.2. The van der Waals surface area contributed by atoms with E-state index in [9.17, 15) is 0 Å². The minimum absolute atomic E-state index is 0.0449. The highest BCUT2D eigenvalue weighted by Gasteiger charge is 2.21. The van der Waals surface area contributed by atoms with Crippen LogP contribution in [0.1, 0.15) is 6.85 Å². The quantitative estimate of drug-likeness (QED) is 0.149. The van der Waals surface area contributed by atoms with Crippen molar-refractivity contribution >= 4 is 141 Å². The zero-order valence-corrected chi connectivity index (χ0v) is 55.9. The molecule has 0 aliphatic rings. The molecule has 4 aromatic heterocycles. The first-order valence-electron chi connectivity index (χ1n) is 37.6. The molecule has 0 radical (unpaired) electrons. The standard InChI is InChI=1S/C52H31N3.C46H29N3/c1-3-11-35-28-51-47(25-33(35)9-1)48-26-34-10-2-4-12-36(34)29-52(48)55(51)38-20-17-32(18-21-38)39-23-24-40(50-31-54-53-30-49(39)50)37-19-22-45-43-15-6-5-13-41(43)42-14-7-8-16-44(42)46(45)27-37;1-3-11-30(12-4-1)36-21-25-39-41(28-36)47-46(48-45(39)32-14-5-2-6-15-32)33-19-23-37(24-20-33)49-42-26-22-31-13-9-10-18-38(31)44(42)40-27-34-16-7-8-17-35(34)29-43(40)49/h1-31H;1-29H/i;2D,5D,6D,14D,15D. The van der Waals surface area contributed by atoms with Crippen molar-refractivity contribution in [2.75, 3.05) is 0 Å². The molecule has 22 aromatic rings. The van der Waals surface area contributed by atoms with Crippen LogP contribution < -0.4 is 0 Å². The Morgan fingerprint density at radius 3 is 1.27 bits per heavy atom. The van der Waals surface area contributed by atoms with Crippen LogP contribution in [0.4, 0.5) is 0 Å². The summed E-state index contributed by atoms with van der Waals surface area (Å²) in [6, 6.07) is 112. The number of nitrogens with zero attached hydrogens (tertiary/aromatic N) is 6. The van der Waals surface area contributed by atoms with Gasteiger partial charge >= 0.3 is 0 Å². The lowest BCUT2D eigenvalue weighted by Crippen LogP contribution is -1.97. The van der Waals surface area contributed by atoms with Gasteiger partial charge < -0.3 is 9.13 Å². The van der Waals surface area contributed by atoms with E-state index in [2.05, 4.69) is 280 Å². The molecule has 0 saturated heterocycles. The first-order valence-corrected chi connectivity index (χ1v) is 35.1. The van der Waals surface area contributed by atoms with Gasteiger partial charge in [0, 0.05) is 60.2 Å². The van der Waals surface area contributed by atoms with Crippen molar-refractivity contribution < 1.29 is 6.85 Å². The van der Waals surface area contributed by atoms with Crippen LogP contribution in [-0.2, 0) is 0 Å². The van der Waals surface area contributed by atoms with Gasteiger partial charge in [0.2, 0.25) is 0 Å². The van der Waals surface area contributed by atoms with Crippen LogP contribution >= 0.6 is 0 Å². The highest BCUT2D eigenvalue weighted by molar-refractivity contribution is 6.27. The van der Waals surface area contributed by atoms with Gasteiger partial charge in [-0.1, -0.05) is 255 Å². The number of aromatic nitrogens is 6. The largest absolute Gasteiger partial charge is 0.309 e. The van der Waals surface area contributed by atoms with Crippen LogP contribution in [0, 0.1) is 0 Å². The van der Waals surface area contributed by atoms with Gasteiger partial charge in [0.1, 0.15) is 0 Å². The predicted octanol–water partition coefficient (Wildman–Crippen LogP) is 25.9. The van der Waals surface area contributed by atoms with E-state index in [1.807, 2.05) is 73.1 Å². The molecular weight excluding hydrogens is 1260 g/mol. The lowest BCUT2D eigenvalue weighted by Gasteiger charge is -2.15. The van der Waals surface area contributed by atoms with E-state index in [-0.39, 0.29) is 23.3 Å². The van der Waals surface area contributed by atoms with E-state index < -0.39 is 18.1 Å². The lowest BCUT2D eigenvalue weighted by molar-refractivity contribution is 1.05. The van der Waals surface area contributed by atoms with Gasteiger partial charge in [-0.3, -0.25) is 0 Å². The summed E-state index contributed by atoms with van der Waals surface area (Å²) < 4.78 is 47.3. The van der Waals surface area contributed by atoms with E-state index in [0.29, 0.717) is 16.7 Å². The third kappa shape index (κ3) is 9.65. The molecule has 0 saturated carbocycles. The van der Waals surface area contributed by atoms with Crippen molar-refractivity contribution in [2.45, 2.75) is 0 Å². The predicted molar refractivity (Wildman–Crippen MR) is 437 cm³/mol. The zero-order valence-electron chi connectivity index (χ0n) is 60.9. The molecule has 482 valence electrons. The topological polar surface area (TPSA) is 61.4 Å². The maximum absolute atomic E-state index is 8.80. The molecule has 0 fully saturated rings. The van der Waals surface area contributed by atoms with E-state index in [4.69, 9.17) is 16.8 Å². The van der Waals surface area contributed by atoms with Gasteiger partial charge in [-0.05, 0) is 206 Å². The normalized spacial score (nSPS) is 12.5. The number of rotatable bonds is 7. The highest BCUT2D eigenvalue weighted by atomic mass is 15.1. The van der Waals surface area contributed by atoms with Gasteiger partial charge in [-0.25, -0.2) is 9.97 Å². The molecule has 4 heterocycles. The van der Waals surface area contributed by atoms with E-state index >= 15 is 0 Å². The number of benzene rings is 18. The first-order chi connectivity index (χ1) is 53.6. The van der Waals surface area contributed by atoms with Crippen LogP contribution in [0.2, 0.25) is 0 Å². The maximum atomic E-state index is 8.80. The van der Waals surface area contributed by atoms with Crippen LogP contribution in [0.5, 0.6) is 0 Å². The summed E-state index contributed by atoms with van der Waals surface area (Å²) in [7, 11) is 0. The Labute approximate surface area is 604 Å². The van der Waals surface area contributed by atoms with Crippen molar-refractivity contribution in [3.05, 3.63) is 364 Å². The molecule has 0 aliphatic carbocycles. The maximum Gasteiger partial charge on any atom is 0.160 e. The summed E-state index contributed by atoms with van der Waals surface area (Å²) in [4.78, 5) is 9.98. The van der Waals surface area contributed by atoms with Gasteiger partial charge in [0.15, 0.2) is 5.82 Å². The van der Waals surface area contributed by atoms with Gasteiger partial charge in [0.05, 0.1) is 52.5 Å². The third-order valence-electron chi connectivity index (χ3n) is 21.2. The van der Waals surface area contributed by atoms with Crippen molar-refractivity contribution in [1.29, 1.82) is 0 Å². The first kappa shape index (κ1) is 54.0. The fourth-order valence-corrected chi connectivity index (χ4v) is 16.3. The Balaban J connectivity index is 0.000000139. The van der Waals surface area contributed by atoms with Crippen LogP contribution in [-0.4, -0.2) is 29.3 Å². The Hall–Kier alpha value is -13.9. The number of fused-ring (bicyclic) bond motifs is 19. The number of hydrogen-bond acceptors (Lipinski definition) is 4. The summed E-state index contributed by atoms with van der Waals surface area (Å²) in [6.07, 6.45) is 3.83. The average Bonchev–Trinajstić information content (AvgIpc) is 1.59. The Kier molecular flexibility index (Phi) is 12.4. The molecular formula is C98H60N6. The summed E-state index contributed by atoms with van der Waals surface area (Å²) in [5.41, 5.74) is 14.9. The van der Waals surface area contributed by atoms with Crippen LogP contribution in [0.15, 0.2) is 364 Å². The van der Waals surface area contributed by atoms with E-state index in [1.165, 1.54) is 108 Å². The van der Waals surface area contributed by atoms with Gasteiger partial charge in [0.25, 0.3) is 0 Å². The van der Waals surface area contributed by atoms with Gasteiger partial charge in [-0.2, -0.15) is 10.2 Å². The lowest BCUT2D eigenvalue weighted by atomic mass is 9.90. The molecule has 0 unspecified atom stereocenters. The molecule has 0 spiro atoms.